The second kappa shape index (κ2) is 9.28. The third-order valence-electron chi connectivity index (χ3n) is 13.1. The van der Waals surface area contributed by atoms with Gasteiger partial charge in [0.2, 0.25) is 0 Å². The van der Waals surface area contributed by atoms with Crippen molar-refractivity contribution >= 4 is 18.0 Å². The van der Waals surface area contributed by atoms with Crippen LogP contribution in [0.3, 0.4) is 0 Å². The van der Waals surface area contributed by atoms with Gasteiger partial charge in [-0.3, -0.25) is 9.59 Å². The first-order valence-electron chi connectivity index (χ1n) is 15.9. The van der Waals surface area contributed by atoms with Crippen molar-refractivity contribution in [2.24, 2.45) is 56.7 Å². The number of carbonyl (C=O) groups excluding carboxylic acids is 3. The molecule has 0 aromatic carbocycles. The molecule has 0 N–H and O–H groups in total. The largest absolute Gasteiger partial charge is 0.462 e. The molecule has 0 radical (unpaired) electrons. The molecule has 4 unspecified atom stereocenters. The van der Waals surface area contributed by atoms with Crippen LogP contribution >= 0.6 is 0 Å². The van der Waals surface area contributed by atoms with E-state index in [2.05, 4.69) is 48.5 Å². The van der Waals surface area contributed by atoms with Gasteiger partial charge in [0.25, 0.3) is 0 Å². The van der Waals surface area contributed by atoms with Gasteiger partial charge in [0.1, 0.15) is 12.4 Å². The van der Waals surface area contributed by atoms with Crippen molar-refractivity contribution in [1.82, 2.24) is 0 Å². The molecular formula is C35H54O4. The van der Waals surface area contributed by atoms with E-state index in [1.807, 2.05) is 0 Å². The van der Waals surface area contributed by atoms with Gasteiger partial charge in [-0.2, -0.15) is 0 Å². The Morgan fingerprint density at radius 1 is 0.949 bits per heavy atom. The summed E-state index contributed by atoms with van der Waals surface area (Å²) in [6.45, 7) is 20.3. The van der Waals surface area contributed by atoms with E-state index in [0.29, 0.717) is 40.8 Å². The quantitative estimate of drug-likeness (QED) is 0.262. The minimum Gasteiger partial charge on any atom is -0.462 e. The predicted octanol–water partition coefficient (Wildman–Crippen LogP) is 8.12. The Hall–Kier alpha value is -1.45. The van der Waals surface area contributed by atoms with Gasteiger partial charge in [0.15, 0.2) is 5.78 Å². The Labute approximate surface area is 237 Å². The molecule has 218 valence electrons. The summed E-state index contributed by atoms with van der Waals surface area (Å²) in [7, 11) is 0. The number of fused-ring (bicyclic) bond motifs is 7. The average molecular weight is 539 g/mol. The smallest absolute Gasteiger partial charge is 0.307 e. The fourth-order valence-corrected chi connectivity index (χ4v) is 11.4. The van der Waals surface area contributed by atoms with Crippen LogP contribution in [0.1, 0.15) is 127 Å². The molecule has 8 atom stereocenters. The van der Waals surface area contributed by atoms with E-state index in [1.54, 1.807) is 19.4 Å². The summed E-state index contributed by atoms with van der Waals surface area (Å²) in [5.74, 6) is 2.93. The molecule has 4 fully saturated rings. The van der Waals surface area contributed by atoms with Gasteiger partial charge in [0.05, 0.1) is 6.42 Å². The molecule has 4 heteroatoms. The van der Waals surface area contributed by atoms with E-state index >= 15 is 0 Å². The number of rotatable bonds is 5. The molecule has 4 nitrogen and oxygen atoms in total. The number of ketones is 1. The van der Waals surface area contributed by atoms with Gasteiger partial charge in [-0.1, -0.05) is 67.9 Å². The first-order chi connectivity index (χ1) is 18.0. The van der Waals surface area contributed by atoms with Crippen molar-refractivity contribution in [3.05, 3.63) is 11.1 Å². The third kappa shape index (κ3) is 4.32. The van der Waals surface area contributed by atoms with Crippen molar-refractivity contribution in [3.8, 4) is 0 Å². The molecule has 0 aromatic heterocycles. The molecule has 5 aliphatic carbocycles. The zero-order valence-corrected chi connectivity index (χ0v) is 26.2. The summed E-state index contributed by atoms with van der Waals surface area (Å²) < 4.78 is 6.15. The van der Waals surface area contributed by atoms with Crippen LogP contribution in [0.15, 0.2) is 11.1 Å². The molecule has 4 saturated carbocycles. The average Bonchev–Trinajstić information content (AvgIpc) is 3.10. The molecule has 0 amide bonds. The van der Waals surface area contributed by atoms with Gasteiger partial charge >= 0.3 is 5.97 Å². The highest BCUT2D eigenvalue weighted by atomic mass is 16.5. The minimum atomic E-state index is -0.680. The lowest BCUT2D eigenvalue weighted by Crippen LogP contribution is -2.62. The molecule has 5 aliphatic rings. The lowest BCUT2D eigenvalue weighted by molar-refractivity contribution is -0.213. The predicted molar refractivity (Wildman–Crippen MR) is 155 cm³/mol. The topological polar surface area (TPSA) is 60.4 Å². The number of allylic oxidation sites excluding steroid dienone is 2. The summed E-state index contributed by atoms with van der Waals surface area (Å²) in [5.41, 5.74) is 2.60. The molecule has 39 heavy (non-hydrogen) atoms. The number of esters is 1. The Morgan fingerprint density at radius 3 is 2.26 bits per heavy atom. The third-order valence-corrected chi connectivity index (χ3v) is 13.1. The molecule has 0 aromatic rings. The van der Waals surface area contributed by atoms with Crippen LogP contribution in [-0.2, 0) is 19.1 Å². The summed E-state index contributed by atoms with van der Waals surface area (Å²) in [4.78, 5) is 37.5. The zero-order chi connectivity index (χ0) is 28.8. The summed E-state index contributed by atoms with van der Waals surface area (Å²) in [6, 6.07) is 0. The second-order valence-corrected chi connectivity index (χ2v) is 16.7. The van der Waals surface area contributed by atoms with Crippen molar-refractivity contribution < 1.29 is 19.1 Å². The highest BCUT2D eigenvalue weighted by molar-refractivity contribution is 6.00. The van der Waals surface area contributed by atoms with E-state index in [1.165, 1.54) is 37.7 Å². The van der Waals surface area contributed by atoms with Gasteiger partial charge in [-0.05, 0) is 103 Å². The number of ether oxygens (including phenoxy) is 1. The van der Waals surface area contributed by atoms with Crippen LogP contribution in [-0.4, -0.2) is 24.1 Å². The Balaban J connectivity index is 1.41. The number of carbonyl (C=O) groups is 3. The number of hydrogen-bond donors (Lipinski definition) is 0. The highest BCUT2D eigenvalue weighted by Crippen LogP contribution is 2.72. The van der Waals surface area contributed by atoms with Crippen LogP contribution in [0.2, 0.25) is 0 Å². The van der Waals surface area contributed by atoms with E-state index in [0.717, 1.165) is 32.0 Å². The fraction of sp³-hybridized carbons (Fsp3) is 0.857. The Kier molecular flexibility index (Phi) is 6.91. The zero-order valence-electron chi connectivity index (χ0n) is 26.2. The van der Waals surface area contributed by atoms with Crippen LogP contribution < -0.4 is 0 Å². The first-order valence-corrected chi connectivity index (χ1v) is 15.9. The molecule has 0 heterocycles. The summed E-state index contributed by atoms with van der Waals surface area (Å²) in [6.07, 6.45) is 11.0. The lowest BCUT2D eigenvalue weighted by Gasteiger charge is -2.68. The summed E-state index contributed by atoms with van der Waals surface area (Å²) in [5, 5.41) is 0. The van der Waals surface area contributed by atoms with E-state index < -0.39 is 5.41 Å². The fourth-order valence-electron chi connectivity index (χ4n) is 11.4. The van der Waals surface area contributed by atoms with Crippen molar-refractivity contribution in [2.75, 3.05) is 0 Å². The van der Waals surface area contributed by atoms with Gasteiger partial charge in [-0.15, -0.1) is 0 Å². The molecule has 0 bridgehead atoms. The maximum atomic E-state index is 13.2. The van der Waals surface area contributed by atoms with Crippen molar-refractivity contribution in [1.29, 1.82) is 0 Å². The normalized spacial score (nSPS) is 43.3. The van der Waals surface area contributed by atoms with Gasteiger partial charge in [-0.25, -0.2) is 0 Å². The minimum absolute atomic E-state index is 0.0878. The molecule has 5 rings (SSSR count). The van der Waals surface area contributed by atoms with Crippen molar-refractivity contribution in [3.63, 3.8) is 0 Å². The highest BCUT2D eigenvalue weighted by Gasteiger charge is 2.66. The SMILES string of the molecule is CC(C)C1=C2C3CCC4[C@@](C)(CCC5C(C)(C)[C@@H](OC(=O)CC(C)(C)C=O)CC[C@@]54C)C3CC[C@@]2(C)CC1=O. The van der Waals surface area contributed by atoms with E-state index in [4.69, 9.17) is 4.74 Å². The van der Waals surface area contributed by atoms with Gasteiger partial charge < -0.3 is 9.53 Å². The number of aldehydes is 1. The monoisotopic (exact) mass is 538 g/mol. The van der Waals surface area contributed by atoms with Crippen LogP contribution in [0.5, 0.6) is 0 Å². The molecular weight excluding hydrogens is 484 g/mol. The maximum absolute atomic E-state index is 13.2. The Morgan fingerprint density at radius 2 is 1.62 bits per heavy atom. The number of Topliss-reactive ketones (excluding diaryl/α,β-unsaturated/α-hetero) is 1. The van der Waals surface area contributed by atoms with Crippen LogP contribution in [0.25, 0.3) is 0 Å². The maximum Gasteiger partial charge on any atom is 0.307 e. The standard InChI is InChI=1S/C35H54O4/c1-21(2)29-24(37)18-33(7)15-12-23-22(30(29)33)10-11-26-34(23,8)16-13-25-32(5,6)27(14-17-35(25,26)9)39-28(38)19-31(3,4)20-36/h20-23,25-27H,10-19H2,1-9H3/t22?,23?,25?,26?,27-,33-,34-,35-/m0/s1. The van der Waals surface area contributed by atoms with E-state index in [9.17, 15) is 14.4 Å². The molecule has 0 saturated heterocycles. The second-order valence-electron chi connectivity index (χ2n) is 16.7. The van der Waals surface area contributed by atoms with E-state index in [-0.39, 0.29) is 34.7 Å². The molecule has 0 aliphatic heterocycles. The first kappa shape index (κ1) is 29.1. The summed E-state index contributed by atoms with van der Waals surface area (Å²) >= 11 is 0. The molecule has 0 spiro atoms. The number of hydrogen-bond acceptors (Lipinski definition) is 4. The van der Waals surface area contributed by atoms with Crippen LogP contribution in [0.4, 0.5) is 0 Å². The van der Waals surface area contributed by atoms with Gasteiger partial charge in [0, 0.05) is 17.3 Å². The lowest BCUT2D eigenvalue weighted by atomic mass is 9.36. The Bertz CT molecular complexity index is 1080. The van der Waals surface area contributed by atoms with Crippen molar-refractivity contribution in [2.45, 2.75) is 133 Å². The van der Waals surface area contributed by atoms with Crippen LogP contribution in [0, 0.1) is 56.7 Å².